The monoisotopic (exact) mass is 361 g/mol. The third kappa shape index (κ3) is 2.68. The average Bonchev–Trinajstić information content (AvgIpc) is 2.58. The second kappa shape index (κ2) is 5.10. The second-order valence-corrected chi connectivity index (χ2v) is 10.5. The lowest BCUT2D eigenvalue weighted by atomic mass is 9.65. The maximum absolute atomic E-state index is 13.1. The van der Waals surface area contributed by atoms with E-state index in [1.54, 1.807) is 22.5 Å². The summed E-state index contributed by atoms with van der Waals surface area (Å²) in [6, 6.07) is 4.85. The molecule has 1 saturated carbocycles. The number of benzene rings is 1. The van der Waals surface area contributed by atoms with Crippen LogP contribution in [0.3, 0.4) is 0 Å². The van der Waals surface area contributed by atoms with Crippen LogP contribution < -0.4 is 0 Å². The standard InChI is InChI=1S/C16H21Cl2NO2S/c1-15(2)7-11-8-16(3,9-15)10-19(11)22(20,21)14-12(17)5-4-6-13(14)18/h4-6,11H,7-10H2,1-3H3. The van der Waals surface area contributed by atoms with Crippen LogP contribution in [-0.4, -0.2) is 25.3 Å². The van der Waals surface area contributed by atoms with Crippen molar-refractivity contribution in [1.29, 1.82) is 0 Å². The van der Waals surface area contributed by atoms with E-state index < -0.39 is 10.0 Å². The van der Waals surface area contributed by atoms with Gasteiger partial charge in [-0.25, -0.2) is 8.42 Å². The van der Waals surface area contributed by atoms with Gasteiger partial charge in [-0.2, -0.15) is 4.31 Å². The fraction of sp³-hybridized carbons (Fsp3) is 0.625. The van der Waals surface area contributed by atoms with Crippen LogP contribution in [0.15, 0.2) is 23.1 Å². The van der Waals surface area contributed by atoms with Crippen LogP contribution in [0, 0.1) is 10.8 Å². The molecule has 0 spiro atoms. The molecule has 2 aliphatic rings. The second-order valence-electron chi connectivity index (χ2n) is 7.81. The van der Waals surface area contributed by atoms with E-state index in [9.17, 15) is 8.42 Å². The first-order valence-corrected chi connectivity index (χ1v) is 9.70. The minimum absolute atomic E-state index is 0.0334. The molecule has 0 amide bonds. The van der Waals surface area contributed by atoms with Gasteiger partial charge in [-0.3, -0.25) is 0 Å². The number of rotatable bonds is 2. The highest BCUT2D eigenvalue weighted by atomic mass is 35.5. The van der Waals surface area contributed by atoms with Gasteiger partial charge < -0.3 is 0 Å². The Kier molecular flexibility index (Phi) is 3.84. The van der Waals surface area contributed by atoms with Crippen molar-refractivity contribution in [3.63, 3.8) is 0 Å². The first-order valence-electron chi connectivity index (χ1n) is 7.50. The Balaban J connectivity index is 2.05. The van der Waals surface area contributed by atoms with Crippen molar-refractivity contribution < 1.29 is 8.42 Å². The van der Waals surface area contributed by atoms with Gasteiger partial charge in [0.15, 0.2) is 0 Å². The summed E-state index contributed by atoms with van der Waals surface area (Å²) in [7, 11) is -3.67. The van der Waals surface area contributed by atoms with Gasteiger partial charge in [0.1, 0.15) is 4.90 Å². The molecule has 22 heavy (non-hydrogen) atoms. The topological polar surface area (TPSA) is 37.4 Å². The summed E-state index contributed by atoms with van der Waals surface area (Å²) in [5, 5.41) is 0.386. The van der Waals surface area contributed by atoms with Crippen molar-refractivity contribution in [2.75, 3.05) is 6.54 Å². The third-order valence-electron chi connectivity index (χ3n) is 4.85. The fourth-order valence-electron chi connectivity index (χ4n) is 4.54. The normalized spacial score (nSPS) is 31.4. The van der Waals surface area contributed by atoms with Crippen molar-refractivity contribution in [1.82, 2.24) is 4.31 Å². The van der Waals surface area contributed by atoms with E-state index in [0.29, 0.717) is 6.54 Å². The molecule has 1 saturated heterocycles. The molecular formula is C16H21Cl2NO2S. The van der Waals surface area contributed by atoms with Crippen molar-refractivity contribution in [2.24, 2.45) is 10.8 Å². The van der Waals surface area contributed by atoms with Crippen LogP contribution in [0.5, 0.6) is 0 Å². The molecule has 6 heteroatoms. The summed E-state index contributed by atoms with van der Waals surface area (Å²) in [5.41, 5.74) is 0.194. The van der Waals surface area contributed by atoms with Crippen LogP contribution in [0.25, 0.3) is 0 Å². The average molecular weight is 362 g/mol. The summed E-state index contributed by atoms with van der Waals surface area (Å²) < 4.78 is 27.9. The van der Waals surface area contributed by atoms with E-state index in [2.05, 4.69) is 20.8 Å². The Labute approximate surface area is 142 Å². The van der Waals surface area contributed by atoms with Crippen molar-refractivity contribution in [2.45, 2.75) is 51.0 Å². The molecule has 0 radical (unpaired) electrons. The van der Waals surface area contributed by atoms with E-state index in [4.69, 9.17) is 23.2 Å². The molecule has 3 rings (SSSR count). The molecule has 122 valence electrons. The van der Waals surface area contributed by atoms with Crippen molar-refractivity contribution in [3.8, 4) is 0 Å². The zero-order valence-corrected chi connectivity index (χ0v) is 15.4. The molecule has 2 atom stereocenters. The number of nitrogens with zero attached hydrogens (tertiary/aromatic N) is 1. The van der Waals surface area contributed by atoms with E-state index in [0.717, 1.165) is 19.3 Å². The maximum Gasteiger partial charge on any atom is 0.246 e. The summed E-state index contributed by atoms with van der Waals surface area (Å²) in [4.78, 5) is 0.0484. The largest absolute Gasteiger partial charge is 0.246 e. The zero-order valence-electron chi connectivity index (χ0n) is 13.1. The molecule has 1 aromatic carbocycles. The molecule has 2 unspecified atom stereocenters. The number of hydrogen-bond acceptors (Lipinski definition) is 2. The smallest absolute Gasteiger partial charge is 0.207 e. The van der Waals surface area contributed by atoms with Gasteiger partial charge in [-0.15, -0.1) is 0 Å². The molecule has 1 aromatic rings. The Morgan fingerprint density at radius 3 is 2.32 bits per heavy atom. The van der Waals surface area contributed by atoms with E-state index >= 15 is 0 Å². The summed E-state index contributed by atoms with van der Waals surface area (Å²) in [6.45, 7) is 7.17. The maximum atomic E-state index is 13.1. The minimum atomic E-state index is -3.67. The molecule has 3 nitrogen and oxygen atoms in total. The number of hydrogen-bond donors (Lipinski definition) is 0. The quantitative estimate of drug-likeness (QED) is 0.772. The first kappa shape index (κ1) is 16.6. The van der Waals surface area contributed by atoms with Crippen LogP contribution in [0.1, 0.15) is 40.0 Å². The lowest BCUT2D eigenvalue weighted by Gasteiger charge is -2.39. The highest BCUT2D eigenvalue weighted by Gasteiger charge is 2.53. The van der Waals surface area contributed by atoms with Gasteiger partial charge in [0.2, 0.25) is 10.0 Å². The molecule has 0 N–H and O–H groups in total. The molecule has 0 aromatic heterocycles. The lowest BCUT2D eigenvalue weighted by Crippen LogP contribution is -2.37. The number of halogens is 2. The lowest BCUT2D eigenvalue weighted by molar-refractivity contribution is 0.133. The number of fused-ring (bicyclic) bond motifs is 2. The van der Waals surface area contributed by atoms with Gasteiger partial charge in [0.25, 0.3) is 0 Å². The summed E-state index contributed by atoms with van der Waals surface area (Å²) in [5.74, 6) is 0. The summed E-state index contributed by atoms with van der Waals surface area (Å²) >= 11 is 12.3. The van der Waals surface area contributed by atoms with Crippen LogP contribution in [-0.2, 0) is 10.0 Å². The Bertz CT molecular complexity index is 697. The molecule has 1 heterocycles. The van der Waals surface area contributed by atoms with Crippen molar-refractivity contribution >= 4 is 33.2 Å². The van der Waals surface area contributed by atoms with Gasteiger partial charge in [-0.1, -0.05) is 50.0 Å². The first-order chi connectivity index (χ1) is 10.0. The fourth-order valence-corrected chi connectivity index (χ4v) is 7.40. The van der Waals surface area contributed by atoms with Crippen LogP contribution in [0.4, 0.5) is 0 Å². The van der Waals surface area contributed by atoms with Gasteiger partial charge in [-0.05, 0) is 42.2 Å². The zero-order chi connectivity index (χ0) is 16.3. The van der Waals surface area contributed by atoms with E-state index in [1.807, 2.05) is 0 Å². The highest BCUT2D eigenvalue weighted by Crippen LogP contribution is 2.54. The minimum Gasteiger partial charge on any atom is -0.207 e. The molecule has 2 bridgehead atoms. The predicted octanol–water partition coefficient (Wildman–Crippen LogP) is 4.58. The highest BCUT2D eigenvalue weighted by molar-refractivity contribution is 7.89. The van der Waals surface area contributed by atoms with E-state index in [-0.39, 0.29) is 31.8 Å². The molecule has 2 fully saturated rings. The van der Waals surface area contributed by atoms with Crippen molar-refractivity contribution in [3.05, 3.63) is 28.2 Å². The van der Waals surface area contributed by atoms with Gasteiger partial charge >= 0.3 is 0 Å². The molecule has 1 aliphatic heterocycles. The van der Waals surface area contributed by atoms with E-state index in [1.165, 1.54) is 0 Å². The molecule has 1 aliphatic carbocycles. The van der Waals surface area contributed by atoms with Gasteiger partial charge in [0.05, 0.1) is 10.0 Å². The number of sulfonamides is 1. The van der Waals surface area contributed by atoms with Crippen LogP contribution >= 0.6 is 23.2 Å². The third-order valence-corrected chi connectivity index (χ3v) is 7.71. The summed E-state index contributed by atoms with van der Waals surface area (Å²) in [6.07, 6.45) is 2.83. The SMILES string of the molecule is CC1(C)CC2CC(C)(CN2S(=O)(=O)c2c(Cl)cccc2Cl)C1. The predicted molar refractivity (Wildman–Crippen MR) is 89.9 cm³/mol. The molecular weight excluding hydrogens is 341 g/mol. The van der Waals surface area contributed by atoms with Gasteiger partial charge in [0, 0.05) is 12.6 Å². The Morgan fingerprint density at radius 2 is 1.73 bits per heavy atom. The van der Waals surface area contributed by atoms with Crippen LogP contribution in [0.2, 0.25) is 10.0 Å². The Morgan fingerprint density at radius 1 is 1.14 bits per heavy atom. The Hall–Kier alpha value is -0.290.